The quantitative estimate of drug-likeness (QED) is 0.318. The van der Waals surface area contributed by atoms with E-state index in [1.54, 1.807) is 0 Å². The number of amides is 2. The van der Waals surface area contributed by atoms with Crippen LogP contribution in [0.15, 0.2) is 54.6 Å². The van der Waals surface area contributed by atoms with E-state index in [0.29, 0.717) is 38.7 Å². The Kier molecular flexibility index (Phi) is 8.24. The summed E-state index contributed by atoms with van der Waals surface area (Å²) in [4.78, 5) is 46.5. The summed E-state index contributed by atoms with van der Waals surface area (Å²) in [7, 11) is 0. The van der Waals surface area contributed by atoms with E-state index in [-0.39, 0.29) is 23.7 Å². The molecule has 3 aliphatic heterocycles. The van der Waals surface area contributed by atoms with Gasteiger partial charge in [0, 0.05) is 32.2 Å². The van der Waals surface area contributed by atoms with E-state index in [4.69, 9.17) is 4.74 Å². The predicted octanol–water partition coefficient (Wildman–Crippen LogP) is 5.25. The lowest BCUT2D eigenvalue weighted by Crippen LogP contribution is -2.55. The smallest absolute Gasteiger partial charge is 0.328 e. The molecule has 2 amide bonds. The first-order valence-corrected chi connectivity index (χ1v) is 15.5. The van der Waals surface area contributed by atoms with Crippen molar-refractivity contribution in [1.82, 2.24) is 14.7 Å². The van der Waals surface area contributed by atoms with Gasteiger partial charge in [0.2, 0.25) is 5.91 Å². The first-order valence-electron chi connectivity index (χ1n) is 15.5. The van der Waals surface area contributed by atoms with Gasteiger partial charge in [0.15, 0.2) is 0 Å². The molecule has 0 aliphatic carbocycles. The Hall–Kier alpha value is -3.45. The molecule has 41 heavy (non-hydrogen) atoms. The van der Waals surface area contributed by atoms with Crippen molar-refractivity contribution in [3.05, 3.63) is 60.2 Å². The van der Waals surface area contributed by atoms with Crippen LogP contribution in [-0.2, 0) is 14.3 Å². The summed E-state index contributed by atoms with van der Waals surface area (Å²) in [5.41, 5.74) is 0.804. The van der Waals surface area contributed by atoms with Crippen LogP contribution in [0.2, 0.25) is 0 Å². The van der Waals surface area contributed by atoms with Gasteiger partial charge in [-0.25, -0.2) is 4.79 Å². The van der Waals surface area contributed by atoms with Crippen LogP contribution in [0.5, 0.6) is 0 Å². The normalized spacial score (nSPS) is 22.7. The minimum atomic E-state index is -0.439. The maximum absolute atomic E-state index is 14.0. The number of carbonyl (C=O) groups is 3. The van der Waals surface area contributed by atoms with E-state index in [2.05, 4.69) is 35.2 Å². The number of hydrogen-bond acceptors (Lipinski definition) is 5. The molecule has 3 fully saturated rings. The second-order valence-corrected chi connectivity index (χ2v) is 11.8. The van der Waals surface area contributed by atoms with Crippen molar-refractivity contribution in [2.45, 2.75) is 64.0 Å². The molecule has 3 aromatic rings. The Morgan fingerprint density at radius 2 is 1.49 bits per heavy atom. The molecule has 6 rings (SSSR count). The Bertz CT molecular complexity index is 1380. The Balaban J connectivity index is 1.12. The molecule has 7 heteroatoms. The molecule has 3 aromatic carbocycles. The zero-order valence-electron chi connectivity index (χ0n) is 24.1. The number of rotatable bonds is 5. The van der Waals surface area contributed by atoms with Crippen molar-refractivity contribution in [1.29, 1.82) is 0 Å². The second-order valence-electron chi connectivity index (χ2n) is 11.8. The molecule has 216 valence electrons. The van der Waals surface area contributed by atoms with Crippen molar-refractivity contribution < 1.29 is 19.1 Å². The molecule has 0 aromatic heterocycles. The summed E-state index contributed by atoms with van der Waals surface area (Å²) >= 11 is 0. The average molecular weight is 556 g/mol. The molecule has 3 aliphatic rings. The first-order chi connectivity index (χ1) is 20.0. The molecular weight excluding hydrogens is 514 g/mol. The molecule has 0 saturated carbocycles. The molecular formula is C34H41N3O4. The first kappa shape index (κ1) is 27.7. The van der Waals surface area contributed by atoms with E-state index in [1.165, 1.54) is 0 Å². The second kappa shape index (κ2) is 12.2. The largest absolute Gasteiger partial charge is 0.464 e. The van der Waals surface area contributed by atoms with Crippen molar-refractivity contribution in [3.63, 3.8) is 0 Å². The Labute approximate surface area is 242 Å². The third-order valence-electron chi connectivity index (χ3n) is 9.40. The average Bonchev–Trinajstić information content (AvgIpc) is 3.03. The molecule has 0 spiro atoms. The lowest BCUT2D eigenvalue weighted by Gasteiger charge is -2.43. The van der Waals surface area contributed by atoms with Crippen molar-refractivity contribution in [2.75, 3.05) is 39.3 Å². The highest BCUT2D eigenvalue weighted by Crippen LogP contribution is 2.32. The maximum atomic E-state index is 14.0. The van der Waals surface area contributed by atoms with Crippen molar-refractivity contribution in [3.8, 4) is 0 Å². The molecule has 2 atom stereocenters. The Morgan fingerprint density at radius 3 is 2.17 bits per heavy atom. The maximum Gasteiger partial charge on any atom is 0.328 e. The topological polar surface area (TPSA) is 70.2 Å². The Morgan fingerprint density at radius 1 is 0.805 bits per heavy atom. The number of esters is 1. The minimum absolute atomic E-state index is 0.0829. The van der Waals surface area contributed by atoms with Gasteiger partial charge in [0.1, 0.15) is 6.04 Å². The van der Waals surface area contributed by atoms with E-state index in [9.17, 15) is 14.4 Å². The standard InChI is InChI=1S/C34H41N3O4/c1-2-41-34(40)30-15-7-8-19-37(30)32(38)26-12-9-18-36(23-26)27-16-20-35(21-17-27)33(39)31-28-13-5-3-10-24(28)22-25-11-4-6-14-29(25)31/h3-6,10-11,13-14,22,26-27,30H,2,7-9,12,15-21,23H2,1H3. The summed E-state index contributed by atoms with van der Waals surface area (Å²) in [5, 5.41) is 4.20. The van der Waals surface area contributed by atoms with Crippen LogP contribution in [0.1, 0.15) is 62.2 Å². The van der Waals surface area contributed by atoms with Gasteiger partial charge in [0.05, 0.1) is 18.1 Å². The van der Waals surface area contributed by atoms with E-state index in [0.717, 1.165) is 78.7 Å². The van der Waals surface area contributed by atoms with Crippen LogP contribution in [0.25, 0.3) is 21.5 Å². The fourth-order valence-electron chi connectivity index (χ4n) is 7.29. The van der Waals surface area contributed by atoms with Crippen LogP contribution in [0.4, 0.5) is 0 Å². The van der Waals surface area contributed by atoms with Gasteiger partial charge >= 0.3 is 5.97 Å². The zero-order valence-corrected chi connectivity index (χ0v) is 24.1. The summed E-state index contributed by atoms with van der Waals surface area (Å²) in [6.07, 6.45) is 6.25. The van der Waals surface area contributed by atoms with E-state index >= 15 is 0 Å². The monoisotopic (exact) mass is 555 g/mol. The molecule has 0 bridgehead atoms. The van der Waals surface area contributed by atoms with Crippen LogP contribution in [-0.4, -0.2) is 83.9 Å². The van der Waals surface area contributed by atoms with Crippen molar-refractivity contribution in [2.24, 2.45) is 5.92 Å². The van der Waals surface area contributed by atoms with Gasteiger partial charge in [-0.05, 0) is 86.0 Å². The van der Waals surface area contributed by atoms with Crippen molar-refractivity contribution >= 4 is 39.3 Å². The van der Waals surface area contributed by atoms with E-state index < -0.39 is 6.04 Å². The number of carbonyl (C=O) groups excluding carboxylic acids is 3. The third-order valence-corrected chi connectivity index (χ3v) is 9.40. The number of likely N-dealkylation sites (tertiary alicyclic amines) is 3. The lowest BCUT2D eigenvalue weighted by atomic mass is 9.91. The minimum Gasteiger partial charge on any atom is -0.464 e. The lowest BCUT2D eigenvalue weighted by molar-refractivity contribution is -0.159. The number of ether oxygens (including phenoxy) is 1. The molecule has 0 radical (unpaired) electrons. The van der Waals surface area contributed by atoms with Crippen LogP contribution in [0, 0.1) is 5.92 Å². The summed E-state index contributed by atoms with van der Waals surface area (Å²) in [6, 6.07) is 18.4. The van der Waals surface area contributed by atoms with Gasteiger partial charge in [-0.2, -0.15) is 0 Å². The summed E-state index contributed by atoms with van der Waals surface area (Å²) in [6.45, 7) is 5.94. The summed E-state index contributed by atoms with van der Waals surface area (Å²) < 4.78 is 5.30. The van der Waals surface area contributed by atoms with Gasteiger partial charge in [-0.1, -0.05) is 48.5 Å². The number of fused-ring (bicyclic) bond motifs is 2. The molecule has 3 heterocycles. The number of piperidine rings is 3. The predicted molar refractivity (Wildman–Crippen MR) is 161 cm³/mol. The fourth-order valence-corrected chi connectivity index (χ4v) is 7.29. The molecule has 0 N–H and O–H groups in total. The molecule has 7 nitrogen and oxygen atoms in total. The van der Waals surface area contributed by atoms with Gasteiger partial charge < -0.3 is 14.5 Å². The zero-order chi connectivity index (χ0) is 28.3. The highest BCUT2D eigenvalue weighted by molar-refractivity contribution is 6.18. The van der Waals surface area contributed by atoms with Crippen LogP contribution in [0.3, 0.4) is 0 Å². The highest BCUT2D eigenvalue weighted by Gasteiger charge is 2.39. The molecule has 2 unspecified atom stereocenters. The fraction of sp³-hybridized carbons (Fsp3) is 0.500. The summed E-state index contributed by atoms with van der Waals surface area (Å²) in [5.74, 6) is -0.120. The number of benzene rings is 3. The van der Waals surface area contributed by atoms with Crippen LogP contribution >= 0.6 is 0 Å². The molecule has 3 saturated heterocycles. The number of hydrogen-bond donors (Lipinski definition) is 0. The third kappa shape index (κ3) is 5.56. The number of nitrogens with zero attached hydrogens (tertiary/aromatic N) is 3. The van der Waals surface area contributed by atoms with Gasteiger partial charge in [-0.15, -0.1) is 0 Å². The van der Waals surface area contributed by atoms with Crippen LogP contribution < -0.4 is 0 Å². The SMILES string of the molecule is CCOC(=O)C1CCCCN1C(=O)C1CCCN(C2CCN(C(=O)c3c4ccccc4cc4ccccc34)CC2)C1. The van der Waals surface area contributed by atoms with Gasteiger partial charge in [0.25, 0.3) is 5.91 Å². The van der Waals surface area contributed by atoms with E-state index in [1.807, 2.05) is 41.0 Å². The highest BCUT2D eigenvalue weighted by atomic mass is 16.5. The van der Waals surface area contributed by atoms with Gasteiger partial charge in [-0.3, -0.25) is 14.5 Å².